The van der Waals surface area contributed by atoms with Crippen LogP contribution in [0.2, 0.25) is 0 Å². The fourth-order valence-corrected chi connectivity index (χ4v) is 4.01. The number of thiazole rings is 1. The second kappa shape index (κ2) is 7.99. The van der Waals surface area contributed by atoms with Crippen molar-refractivity contribution in [3.05, 3.63) is 53.6 Å². The van der Waals surface area contributed by atoms with E-state index in [-0.39, 0.29) is 30.3 Å². The maximum atomic E-state index is 13.3. The Bertz CT molecular complexity index is 963. The molecule has 3 aromatic rings. The summed E-state index contributed by atoms with van der Waals surface area (Å²) in [5.41, 5.74) is 8.22. The molecule has 1 amide bonds. The van der Waals surface area contributed by atoms with Crippen LogP contribution in [0.1, 0.15) is 24.6 Å². The summed E-state index contributed by atoms with van der Waals surface area (Å²) in [6, 6.07) is 6.14. The number of aromatic nitrogens is 3. The first-order valence-corrected chi connectivity index (χ1v) is 9.80. The van der Waals surface area contributed by atoms with Crippen molar-refractivity contribution in [1.82, 2.24) is 19.9 Å². The van der Waals surface area contributed by atoms with Gasteiger partial charge in [-0.3, -0.25) is 9.69 Å². The molecule has 1 fully saturated rings. The number of nitrogens with zero attached hydrogens (tertiary/aromatic N) is 4. The highest BCUT2D eigenvalue weighted by atomic mass is 32.1. The molecular weight excluding hydrogens is 379 g/mol. The van der Waals surface area contributed by atoms with Crippen molar-refractivity contribution in [2.75, 3.05) is 24.1 Å². The molecule has 1 aliphatic heterocycles. The highest BCUT2D eigenvalue weighted by Crippen LogP contribution is 2.36. The summed E-state index contributed by atoms with van der Waals surface area (Å²) in [6.45, 7) is 1.01. The molecule has 144 valence electrons. The third kappa shape index (κ3) is 4.00. The number of halogens is 1. The van der Waals surface area contributed by atoms with Gasteiger partial charge < -0.3 is 11.1 Å². The number of hydrogen-bond acceptors (Lipinski definition) is 7. The van der Waals surface area contributed by atoms with E-state index in [2.05, 4.69) is 25.2 Å². The molecule has 1 saturated heterocycles. The summed E-state index contributed by atoms with van der Waals surface area (Å²) in [7, 11) is 0. The van der Waals surface area contributed by atoms with Gasteiger partial charge in [-0.1, -0.05) is 12.1 Å². The first-order valence-electron chi connectivity index (χ1n) is 8.92. The van der Waals surface area contributed by atoms with Crippen LogP contribution in [0.15, 0.2) is 42.0 Å². The van der Waals surface area contributed by atoms with Gasteiger partial charge in [0.1, 0.15) is 5.82 Å². The molecule has 1 atom stereocenters. The van der Waals surface area contributed by atoms with E-state index >= 15 is 0 Å². The van der Waals surface area contributed by atoms with Gasteiger partial charge in [0.15, 0.2) is 5.13 Å². The molecule has 3 heterocycles. The molecule has 0 spiro atoms. The predicted molar refractivity (Wildman–Crippen MR) is 106 cm³/mol. The van der Waals surface area contributed by atoms with Crippen LogP contribution in [0.25, 0.3) is 11.1 Å². The molecule has 0 unspecified atom stereocenters. The second-order valence-electron chi connectivity index (χ2n) is 6.55. The minimum Gasteiger partial charge on any atom is -0.368 e. The molecule has 4 rings (SSSR count). The van der Waals surface area contributed by atoms with Gasteiger partial charge in [0, 0.05) is 23.3 Å². The zero-order chi connectivity index (χ0) is 19.5. The molecule has 0 bridgehead atoms. The number of anilines is 2. The topological polar surface area (TPSA) is 97.0 Å². The van der Waals surface area contributed by atoms with Crippen molar-refractivity contribution in [2.45, 2.75) is 18.9 Å². The molecule has 2 aromatic heterocycles. The Kier molecular flexibility index (Phi) is 5.27. The van der Waals surface area contributed by atoms with Crippen LogP contribution in [0.3, 0.4) is 0 Å². The summed E-state index contributed by atoms with van der Waals surface area (Å²) in [5.74, 6) is -0.241. The van der Waals surface area contributed by atoms with Crippen LogP contribution >= 0.6 is 11.3 Å². The van der Waals surface area contributed by atoms with Crippen LogP contribution < -0.4 is 11.1 Å². The molecule has 0 saturated carbocycles. The van der Waals surface area contributed by atoms with Crippen LogP contribution in [0, 0.1) is 5.82 Å². The van der Waals surface area contributed by atoms with E-state index in [4.69, 9.17) is 5.73 Å². The Morgan fingerprint density at radius 1 is 1.32 bits per heavy atom. The zero-order valence-electron chi connectivity index (χ0n) is 15.0. The van der Waals surface area contributed by atoms with Crippen molar-refractivity contribution in [3.8, 4) is 11.1 Å². The summed E-state index contributed by atoms with van der Waals surface area (Å²) in [5, 5.41) is 5.21. The number of carbonyl (C=O) groups is 1. The van der Waals surface area contributed by atoms with Crippen LogP contribution in [0.5, 0.6) is 0 Å². The average Bonchev–Trinajstić information content (AvgIpc) is 3.34. The van der Waals surface area contributed by atoms with Gasteiger partial charge in [-0.2, -0.15) is 0 Å². The Morgan fingerprint density at radius 2 is 2.14 bits per heavy atom. The Morgan fingerprint density at radius 3 is 2.89 bits per heavy atom. The van der Waals surface area contributed by atoms with Gasteiger partial charge in [0.05, 0.1) is 18.3 Å². The molecule has 9 heteroatoms. The number of nitrogens with one attached hydrogen (secondary N) is 1. The Labute approximate surface area is 165 Å². The minimum absolute atomic E-state index is 0.0626. The number of amides is 1. The molecule has 0 radical (unpaired) electrons. The standard InChI is InChI=1S/C19H19FN6OS/c20-13-5-3-12(4-6-13)14-10-23-18(21)25-17(14)15-2-1-8-26(15)11-16(27)24-19-22-7-9-28-19/h3-7,9-10,15H,1-2,8,11H2,(H2,21,23,25)(H,22,24,27)/t15-/m1/s1. The monoisotopic (exact) mass is 398 g/mol. The van der Waals surface area contributed by atoms with Crippen molar-refractivity contribution in [2.24, 2.45) is 0 Å². The Hall–Kier alpha value is -2.91. The lowest BCUT2D eigenvalue weighted by atomic mass is 10.00. The van der Waals surface area contributed by atoms with Crippen molar-refractivity contribution >= 4 is 28.3 Å². The van der Waals surface area contributed by atoms with Crippen LogP contribution in [-0.4, -0.2) is 38.8 Å². The number of nitrogen functional groups attached to an aromatic ring is 1. The zero-order valence-corrected chi connectivity index (χ0v) is 15.8. The van der Waals surface area contributed by atoms with E-state index in [0.717, 1.165) is 36.2 Å². The molecule has 0 aliphatic carbocycles. The Balaban J connectivity index is 1.59. The lowest BCUT2D eigenvalue weighted by Gasteiger charge is -2.25. The number of benzene rings is 1. The van der Waals surface area contributed by atoms with Crippen LogP contribution in [0.4, 0.5) is 15.5 Å². The normalized spacial score (nSPS) is 17.0. The number of hydrogen-bond donors (Lipinski definition) is 2. The van der Waals surface area contributed by atoms with E-state index in [1.165, 1.54) is 23.5 Å². The predicted octanol–water partition coefficient (Wildman–Crippen LogP) is 3.10. The van der Waals surface area contributed by atoms with E-state index < -0.39 is 0 Å². The van der Waals surface area contributed by atoms with Gasteiger partial charge in [0.25, 0.3) is 0 Å². The fraction of sp³-hybridized carbons (Fsp3) is 0.263. The molecule has 3 N–H and O–H groups in total. The quantitative estimate of drug-likeness (QED) is 0.685. The lowest BCUT2D eigenvalue weighted by Crippen LogP contribution is -2.33. The first kappa shape index (κ1) is 18.5. The smallest absolute Gasteiger partial charge is 0.240 e. The van der Waals surface area contributed by atoms with Crippen molar-refractivity contribution < 1.29 is 9.18 Å². The fourth-order valence-electron chi connectivity index (χ4n) is 3.47. The lowest BCUT2D eigenvalue weighted by molar-refractivity contribution is -0.117. The van der Waals surface area contributed by atoms with Gasteiger partial charge in [0.2, 0.25) is 11.9 Å². The minimum atomic E-state index is -0.303. The third-order valence-corrected chi connectivity index (χ3v) is 5.39. The van der Waals surface area contributed by atoms with Gasteiger partial charge in [-0.15, -0.1) is 11.3 Å². The summed E-state index contributed by atoms with van der Waals surface area (Å²) < 4.78 is 13.3. The molecule has 28 heavy (non-hydrogen) atoms. The van der Waals surface area contributed by atoms with Gasteiger partial charge in [-0.25, -0.2) is 19.3 Å². The van der Waals surface area contributed by atoms with Gasteiger partial charge >= 0.3 is 0 Å². The SMILES string of the molecule is Nc1ncc(-c2ccc(F)cc2)c([C@H]2CCCN2CC(=O)Nc2nccs2)n1. The highest BCUT2D eigenvalue weighted by molar-refractivity contribution is 7.13. The highest BCUT2D eigenvalue weighted by Gasteiger charge is 2.31. The first-order chi connectivity index (χ1) is 13.6. The second-order valence-corrected chi connectivity index (χ2v) is 7.44. The number of nitrogens with two attached hydrogens (primary N) is 1. The number of carbonyl (C=O) groups excluding carboxylic acids is 1. The van der Waals surface area contributed by atoms with Crippen molar-refractivity contribution in [1.29, 1.82) is 0 Å². The number of rotatable bonds is 5. The molecule has 1 aliphatic rings. The molecule has 1 aromatic carbocycles. The molecule has 7 nitrogen and oxygen atoms in total. The summed E-state index contributed by atoms with van der Waals surface area (Å²) in [4.78, 5) is 27.2. The van der Waals surface area contributed by atoms with E-state index in [1.807, 2.05) is 5.38 Å². The van der Waals surface area contributed by atoms with E-state index in [0.29, 0.717) is 5.13 Å². The van der Waals surface area contributed by atoms with Crippen molar-refractivity contribution in [3.63, 3.8) is 0 Å². The van der Waals surface area contributed by atoms with Gasteiger partial charge in [-0.05, 0) is 37.1 Å². The average molecular weight is 398 g/mol. The largest absolute Gasteiger partial charge is 0.368 e. The maximum Gasteiger partial charge on any atom is 0.240 e. The summed E-state index contributed by atoms with van der Waals surface area (Å²) >= 11 is 1.38. The maximum absolute atomic E-state index is 13.3. The third-order valence-electron chi connectivity index (χ3n) is 4.70. The van der Waals surface area contributed by atoms with E-state index in [1.54, 1.807) is 24.5 Å². The van der Waals surface area contributed by atoms with E-state index in [9.17, 15) is 9.18 Å². The molecular formula is C19H19FN6OS. The van der Waals surface area contributed by atoms with Crippen LogP contribution in [-0.2, 0) is 4.79 Å². The number of likely N-dealkylation sites (tertiary alicyclic amines) is 1. The summed E-state index contributed by atoms with van der Waals surface area (Å²) in [6.07, 6.45) is 5.12.